The van der Waals surface area contributed by atoms with Gasteiger partial charge in [0.2, 0.25) is 0 Å². The Morgan fingerprint density at radius 1 is 1.32 bits per heavy atom. The Labute approximate surface area is 182 Å². The molecule has 2 aromatic rings. The maximum absolute atomic E-state index is 13.8. The van der Waals surface area contributed by atoms with Crippen LogP contribution in [0.2, 0.25) is 0 Å². The summed E-state index contributed by atoms with van der Waals surface area (Å²) in [6.45, 7) is 4.26. The number of hydrogen-bond donors (Lipinski definition) is 1. The molecular formula is C24H26FNO4S. The largest absolute Gasteiger partial charge is 0.505 e. The van der Waals surface area contributed by atoms with Gasteiger partial charge in [0.25, 0.3) is 0 Å². The van der Waals surface area contributed by atoms with E-state index in [-0.39, 0.29) is 24.4 Å². The average Bonchev–Trinajstić information content (AvgIpc) is 3.28. The number of phenols is 1. The minimum Gasteiger partial charge on any atom is -0.505 e. The standard InChI is InChI=1S/C24H26FNO4S/c1-15(2)18-14-31(28,29)23-13-30-22(24(18)23)9-7-17(20-5-3-4-10-26-20)11-16-6-8-21(27)19(25)12-16/h3-6,8,10-12,15,22-23,27H,7,9,13-14H2,1-2H3/b17-11-/t22-,23+/m1/s1. The lowest BCUT2D eigenvalue weighted by Crippen LogP contribution is -2.19. The van der Waals surface area contributed by atoms with Crippen molar-refractivity contribution in [1.82, 2.24) is 4.98 Å². The van der Waals surface area contributed by atoms with Crippen molar-refractivity contribution in [3.63, 3.8) is 0 Å². The Balaban J connectivity index is 1.62. The highest BCUT2D eigenvalue weighted by molar-refractivity contribution is 7.92. The summed E-state index contributed by atoms with van der Waals surface area (Å²) in [5, 5.41) is 8.94. The van der Waals surface area contributed by atoms with Crippen molar-refractivity contribution in [2.24, 2.45) is 5.92 Å². The first kappa shape index (κ1) is 21.7. The van der Waals surface area contributed by atoms with Crippen molar-refractivity contribution in [3.8, 4) is 5.75 Å². The van der Waals surface area contributed by atoms with Gasteiger partial charge in [-0.15, -0.1) is 0 Å². The van der Waals surface area contributed by atoms with Crippen LogP contribution in [-0.4, -0.2) is 42.2 Å². The molecule has 1 N–H and O–H groups in total. The Kier molecular flexibility index (Phi) is 5.99. The number of allylic oxidation sites excluding steroid dienone is 1. The molecule has 0 amide bonds. The highest BCUT2D eigenvalue weighted by Crippen LogP contribution is 2.41. The minimum atomic E-state index is -3.19. The van der Waals surface area contributed by atoms with Crippen LogP contribution in [0, 0.1) is 11.7 Å². The smallest absolute Gasteiger partial charge is 0.165 e. The van der Waals surface area contributed by atoms with Gasteiger partial charge in [-0.2, -0.15) is 0 Å². The SMILES string of the molecule is CC(C)C1=C2[C@@H](CC/C(=C/c3ccc(O)c(F)c3)c3ccccn3)OC[C@@H]2S(=O)(=O)C1. The van der Waals surface area contributed by atoms with Crippen LogP contribution in [0.4, 0.5) is 4.39 Å². The number of aromatic hydroxyl groups is 1. The average molecular weight is 444 g/mol. The van der Waals surface area contributed by atoms with E-state index < -0.39 is 26.7 Å². The van der Waals surface area contributed by atoms with Crippen LogP contribution in [0.1, 0.15) is 37.9 Å². The van der Waals surface area contributed by atoms with Gasteiger partial charge < -0.3 is 9.84 Å². The summed E-state index contributed by atoms with van der Waals surface area (Å²) in [6.07, 6.45) is 4.50. The number of benzene rings is 1. The van der Waals surface area contributed by atoms with Crippen LogP contribution in [0.3, 0.4) is 0 Å². The third kappa shape index (κ3) is 4.43. The predicted octanol–water partition coefficient (Wildman–Crippen LogP) is 4.40. The molecule has 3 heterocycles. The lowest BCUT2D eigenvalue weighted by Gasteiger charge is -2.17. The fourth-order valence-corrected chi connectivity index (χ4v) is 6.48. The Morgan fingerprint density at radius 2 is 2.13 bits per heavy atom. The summed E-state index contributed by atoms with van der Waals surface area (Å²) < 4.78 is 44.9. The van der Waals surface area contributed by atoms with Crippen molar-refractivity contribution in [2.75, 3.05) is 12.4 Å². The summed E-state index contributed by atoms with van der Waals surface area (Å²) in [7, 11) is -3.19. The second kappa shape index (κ2) is 8.55. The van der Waals surface area contributed by atoms with E-state index >= 15 is 0 Å². The Hall–Kier alpha value is -2.51. The number of pyridine rings is 1. The van der Waals surface area contributed by atoms with Gasteiger partial charge in [-0.3, -0.25) is 4.98 Å². The van der Waals surface area contributed by atoms with Crippen molar-refractivity contribution in [2.45, 2.75) is 38.0 Å². The topological polar surface area (TPSA) is 76.5 Å². The molecule has 1 aromatic heterocycles. The van der Waals surface area contributed by atoms with E-state index in [2.05, 4.69) is 4.98 Å². The summed E-state index contributed by atoms with van der Waals surface area (Å²) in [5.74, 6) is -0.790. The molecule has 2 aliphatic rings. The molecule has 0 saturated carbocycles. The van der Waals surface area contributed by atoms with Crippen molar-refractivity contribution < 1.29 is 22.7 Å². The van der Waals surface area contributed by atoms with Gasteiger partial charge in [-0.25, -0.2) is 12.8 Å². The highest BCUT2D eigenvalue weighted by atomic mass is 32.2. The van der Waals surface area contributed by atoms with Crippen LogP contribution in [0.5, 0.6) is 5.75 Å². The van der Waals surface area contributed by atoms with E-state index in [9.17, 15) is 17.9 Å². The van der Waals surface area contributed by atoms with Crippen molar-refractivity contribution >= 4 is 21.5 Å². The summed E-state index contributed by atoms with van der Waals surface area (Å²) in [5.41, 5.74) is 4.20. The fraction of sp³-hybridized carbons (Fsp3) is 0.375. The zero-order valence-corrected chi connectivity index (χ0v) is 18.4. The molecule has 7 heteroatoms. The second-order valence-corrected chi connectivity index (χ2v) is 10.6. The van der Waals surface area contributed by atoms with E-state index in [0.29, 0.717) is 18.4 Å². The maximum atomic E-state index is 13.8. The minimum absolute atomic E-state index is 0.125. The number of hydrogen-bond acceptors (Lipinski definition) is 5. The Bertz CT molecular complexity index is 1140. The molecule has 2 atom stereocenters. The molecule has 164 valence electrons. The number of ether oxygens (including phenoxy) is 1. The van der Waals surface area contributed by atoms with E-state index in [4.69, 9.17) is 4.74 Å². The number of fused-ring (bicyclic) bond motifs is 1. The molecule has 0 radical (unpaired) electrons. The molecule has 1 aromatic carbocycles. The van der Waals surface area contributed by atoms with Crippen LogP contribution in [0.15, 0.2) is 53.7 Å². The number of aromatic nitrogens is 1. The summed E-state index contributed by atoms with van der Waals surface area (Å²) >= 11 is 0. The molecular weight excluding hydrogens is 417 g/mol. The molecule has 0 aliphatic carbocycles. The van der Waals surface area contributed by atoms with E-state index in [1.54, 1.807) is 12.3 Å². The number of nitrogens with zero attached hydrogens (tertiary/aromatic N) is 1. The van der Waals surface area contributed by atoms with Crippen molar-refractivity contribution in [3.05, 3.63) is 70.8 Å². The fourth-order valence-electron chi connectivity index (χ4n) is 4.37. The van der Waals surface area contributed by atoms with Crippen LogP contribution < -0.4 is 0 Å². The summed E-state index contributed by atoms with van der Waals surface area (Å²) in [6, 6.07) is 9.86. The quantitative estimate of drug-likeness (QED) is 0.670. The van der Waals surface area contributed by atoms with Crippen LogP contribution >= 0.6 is 0 Å². The first-order valence-electron chi connectivity index (χ1n) is 10.4. The van der Waals surface area contributed by atoms with Crippen molar-refractivity contribution in [1.29, 1.82) is 0 Å². The normalized spacial score (nSPS) is 22.9. The first-order valence-corrected chi connectivity index (χ1v) is 12.1. The van der Waals surface area contributed by atoms with Gasteiger partial charge >= 0.3 is 0 Å². The zero-order valence-electron chi connectivity index (χ0n) is 17.6. The molecule has 2 aliphatic heterocycles. The lowest BCUT2D eigenvalue weighted by atomic mass is 9.91. The zero-order chi connectivity index (χ0) is 22.2. The third-order valence-electron chi connectivity index (χ3n) is 5.98. The van der Waals surface area contributed by atoms with E-state index in [0.717, 1.165) is 22.4 Å². The number of phenolic OH excluding ortho intramolecular Hbond substituents is 1. The maximum Gasteiger partial charge on any atom is 0.165 e. The number of halogens is 1. The predicted molar refractivity (Wildman–Crippen MR) is 119 cm³/mol. The molecule has 0 bridgehead atoms. The molecule has 0 unspecified atom stereocenters. The highest BCUT2D eigenvalue weighted by Gasteiger charge is 2.47. The molecule has 1 saturated heterocycles. The van der Waals surface area contributed by atoms with E-state index in [1.165, 1.54) is 12.1 Å². The molecule has 0 spiro atoms. The molecule has 31 heavy (non-hydrogen) atoms. The number of rotatable bonds is 6. The molecule has 1 fully saturated rings. The Morgan fingerprint density at radius 3 is 2.81 bits per heavy atom. The van der Waals surface area contributed by atoms with E-state index in [1.807, 2.05) is 38.1 Å². The first-order chi connectivity index (χ1) is 14.8. The van der Waals surface area contributed by atoms with Gasteiger partial charge in [0.05, 0.1) is 24.2 Å². The monoisotopic (exact) mass is 443 g/mol. The second-order valence-electron chi connectivity index (χ2n) is 8.39. The van der Waals surface area contributed by atoms with Crippen LogP contribution in [0.25, 0.3) is 11.6 Å². The third-order valence-corrected chi connectivity index (χ3v) is 7.95. The molecule has 5 nitrogen and oxygen atoms in total. The van der Waals surface area contributed by atoms with Gasteiger partial charge in [0, 0.05) is 6.20 Å². The number of sulfone groups is 1. The molecule has 4 rings (SSSR count). The van der Waals surface area contributed by atoms with Crippen LogP contribution in [-0.2, 0) is 14.6 Å². The summed E-state index contributed by atoms with van der Waals surface area (Å²) in [4.78, 5) is 4.43. The van der Waals surface area contributed by atoms with Gasteiger partial charge in [0.15, 0.2) is 21.4 Å². The van der Waals surface area contributed by atoms with Gasteiger partial charge in [-0.05, 0) is 71.4 Å². The van der Waals surface area contributed by atoms with Gasteiger partial charge in [0.1, 0.15) is 5.25 Å². The van der Waals surface area contributed by atoms with Gasteiger partial charge in [-0.1, -0.05) is 26.0 Å². The lowest BCUT2D eigenvalue weighted by molar-refractivity contribution is 0.118.